The highest BCUT2D eigenvalue weighted by Crippen LogP contribution is 2.19. The number of nitrogens with one attached hydrogen (secondary N) is 2. The van der Waals surface area contributed by atoms with E-state index in [-0.39, 0.29) is 0 Å². The van der Waals surface area contributed by atoms with Gasteiger partial charge in [-0.15, -0.1) is 11.3 Å². The standard InChI is InChI=1S/C18H26N4OS/c1-5-15-11-21-17(24-15)12-22-18(19-3)20-9-8-14-7-6-13(2)16(10-14)23-4/h6-7,10-11H,5,8-9,12H2,1-4H3,(H2,19,20,22). The van der Waals surface area contributed by atoms with Gasteiger partial charge in [-0.1, -0.05) is 19.1 Å². The number of methoxy groups -OCH3 is 1. The second kappa shape index (κ2) is 9.27. The van der Waals surface area contributed by atoms with Crippen LogP contribution in [0.2, 0.25) is 0 Å². The first-order valence-corrected chi connectivity index (χ1v) is 8.99. The summed E-state index contributed by atoms with van der Waals surface area (Å²) < 4.78 is 5.37. The summed E-state index contributed by atoms with van der Waals surface area (Å²) in [5.41, 5.74) is 2.40. The molecule has 2 rings (SSSR count). The normalized spacial score (nSPS) is 11.4. The molecule has 0 aliphatic carbocycles. The molecule has 0 aliphatic heterocycles. The molecule has 2 N–H and O–H groups in total. The molecule has 5 nitrogen and oxygen atoms in total. The maximum Gasteiger partial charge on any atom is 0.191 e. The minimum absolute atomic E-state index is 0.697. The van der Waals surface area contributed by atoms with Crippen LogP contribution in [0.4, 0.5) is 0 Å². The van der Waals surface area contributed by atoms with Gasteiger partial charge in [0, 0.05) is 24.7 Å². The monoisotopic (exact) mass is 346 g/mol. The van der Waals surface area contributed by atoms with Crippen molar-refractivity contribution in [2.75, 3.05) is 20.7 Å². The van der Waals surface area contributed by atoms with E-state index in [2.05, 4.69) is 52.7 Å². The van der Waals surface area contributed by atoms with Crippen LogP contribution in [0.1, 0.15) is 27.9 Å². The number of aromatic nitrogens is 1. The topological polar surface area (TPSA) is 58.5 Å². The maximum atomic E-state index is 5.37. The fourth-order valence-electron chi connectivity index (χ4n) is 2.32. The number of aryl methyl sites for hydroxylation is 2. The average Bonchev–Trinajstić information content (AvgIpc) is 3.07. The number of benzene rings is 1. The lowest BCUT2D eigenvalue weighted by atomic mass is 10.1. The minimum Gasteiger partial charge on any atom is -0.496 e. The number of thiazole rings is 1. The first kappa shape index (κ1) is 18.3. The molecule has 0 saturated heterocycles. The third kappa shape index (κ3) is 5.23. The Labute approximate surface area is 148 Å². The molecule has 0 aliphatic rings. The van der Waals surface area contributed by atoms with Crippen molar-refractivity contribution in [2.45, 2.75) is 33.2 Å². The highest BCUT2D eigenvalue weighted by molar-refractivity contribution is 7.11. The van der Waals surface area contributed by atoms with E-state index < -0.39 is 0 Å². The van der Waals surface area contributed by atoms with Crippen LogP contribution in [0.25, 0.3) is 0 Å². The van der Waals surface area contributed by atoms with Crippen molar-refractivity contribution in [1.82, 2.24) is 15.6 Å². The number of nitrogens with zero attached hydrogens (tertiary/aromatic N) is 2. The smallest absolute Gasteiger partial charge is 0.191 e. The van der Waals surface area contributed by atoms with E-state index in [9.17, 15) is 0 Å². The summed E-state index contributed by atoms with van der Waals surface area (Å²) in [6.45, 7) is 5.70. The van der Waals surface area contributed by atoms with Crippen molar-refractivity contribution in [3.8, 4) is 5.75 Å². The molecule has 0 bridgehead atoms. The van der Waals surface area contributed by atoms with Gasteiger partial charge in [0.15, 0.2) is 5.96 Å². The summed E-state index contributed by atoms with van der Waals surface area (Å²) in [6.07, 6.45) is 3.89. The van der Waals surface area contributed by atoms with Crippen molar-refractivity contribution >= 4 is 17.3 Å². The summed E-state index contributed by atoms with van der Waals surface area (Å²) in [5, 5.41) is 7.72. The Balaban J connectivity index is 1.79. The number of guanidine groups is 1. The Morgan fingerprint density at radius 3 is 2.83 bits per heavy atom. The Kier molecular flexibility index (Phi) is 7.06. The number of aliphatic imine (C=N–C) groups is 1. The van der Waals surface area contributed by atoms with Gasteiger partial charge in [-0.2, -0.15) is 0 Å². The Bertz CT molecular complexity index is 681. The zero-order chi connectivity index (χ0) is 17.4. The molecule has 24 heavy (non-hydrogen) atoms. The van der Waals surface area contributed by atoms with Crippen LogP contribution >= 0.6 is 11.3 Å². The fraction of sp³-hybridized carbons (Fsp3) is 0.444. The molecule has 0 amide bonds. The third-order valence-electron chi connectivity index (χ3n) is 3.76. The minimum atomic E-state index is 0.697. The van der Waals surface area contributed by atoms with Crippen molar-refractivity contribution in [3.05, 3.63) is 45.4 Å². The van der Waals surface area contributed by atoms with Gasteiger partial charge in [0.05, 0.1) is 13.7 Å². The number of hydrogen-bond donors (Lipinski definition) is 2. The molecule has 2 aromatic rings. The van der Waals surface area contributed by atoms with Gasteiger partial charge in [0.25, 0.3) is 0 Å². The van der Waals surface area contributed by atoms with Crippen LogP contribution in [-0.4, -0.2) is 31.6 Å². The molecule has 0 fully saturated rings. The van der Waals surface area contributed by atoms with Crippen LogP contribution in [0.5, 0.6) is 5.75 Å². The molecule has 1 heterocycles. The second-order valence-corrected chi connectivity index (χ2v) is 6.68. The summed E-state index contributed by atoms with van der Waals surface area (Å²) in [6, 6.07) is 6.32. The SMILES string of the molecule is CCc1cnc(CNC(=NC)NCCc2ccc(C)c(OC)c2)s1. The summed E-state index contributed by atoms with van der Waals surface area (Å²) in [4.78, 5) is 9.97. The molecule has 0 radical (unpaired) electrons. The highest BCUT2D eigenvalue weighted by Gasteiger charge is 2.04. The van der Waals surface area contributed by atoms with Gasteiger partial charge in [-0.05, 0) is 37.0 Å². The van der Waals surface area contributed by atoms with Crippen LogP contribution < -0.4 is 15.4 Å². The first-order chi connectivity index (χ1) is 11.7. The Morgan fingerprint density at radius 2 is 2.17 bits per heavy atom. The van der Waals surface area contributed by atoms with E-state index in [0.29, 0.717) is 6.54 Å². The molecular weight excluding hydrogens is 320 g/mol. The van der Waals surface area contributed by atoms with Crippen molar-refractivity contribution in [3.63, 3.8) is 0 Å². The van der Waals surface area contributed by atoms with Gasteiger partial charge >= 0.3 is 0 Å². The molecule has 0 spiro atoms. The van der Waals surface area contributed by atoms with Gasteiger partial charge in [0.2, 0.25) is 0 Å². The Hall–Kier alpha value is -2.08. The molecule has 0 atom stereocenters. The largest absolute Gasteiger partial charge is 0.496 e. The van der Waals surface area contributed by atoms with E-state index in [1.165, 1.54) is 10.4 Å². The average molecular weight is 347 g/mol. The lowest BCUT2D eigenvalue weighted by molar-refractivity contribution is 0.411. The van der Waals surface area contributed by atoms with E-state index >= 15 is 0 Å². The third-order valence-corrected chi connectivity index (χ3v) is 4.90. The van der Waals surface area contributed by atoms with Crippen LogP contribution in [-0.2, 0) is 19.4 Å². The molecule has 6 heteroatoms. The zero-order valence-electron chi connectivity index (χ0n) is 14.8. The van der Waals surface area contributed by atoms with Gasteiger partial charge in [-0.3, -0.25) is 4.99 Å². The number of ether oxygens (including phenoxy) is 1. The molecule has 130 valence electrons. The number of hydrogen-bond acceptors (Lipinski definition) is 4. The quantitative estimate of drug-likeness (QED) is 0.598. The van der Waals surface area contributed by atoms with Crippen LogP contribution in [0.3, 0.4) is 0 Å². The predicted molar refractivity (Wildman–Crippen MR) is 101 cm³/mol. The zero-order valence-corrected chi connectivity index (χ0v) is 15.7. The Morgan fingerprint density at radius 1 is 1.33 bits per heavy atom. The van der Waals surface area contributed by atoms with E-state index in [0.717, 1.165) is 41.7 Å². The molecule has 0 unspecified atom stereocenters. The molecule has 0 saturated carbocycles. The van der Waals surface area contributed by atoms with Crippen LogP contribution in [0.15, 0.2) is 29.4 Å². The lowest BCUT2D eigenvalue weighted by Crippen LogP contribution is -2.37. The van der Waals surface area contributed by atoms with Crippen molar-refractivity contribution < 1.29 is 4.74 Å². The first-order valence-electron chi connectivity index (χ1n) is 8.17. The number of rotatable bonds is 7. The van der Waals surface area contributed by atoms with Gasteiger partial charge < -0.3 is 15.4 Å². The molecular formula is C18H26N4OS. The molecule has 1 aromatic heterocycles. The van der Waals surface area contributed by atoms with Crippen molar-refractivity contribution in [1.29, 1.82) is 0 Å². The van der Waals surface area contributed by atoms with E-state index in [4.69, 9.17) is 4.74 Å². The summed E-state index contributed by atoms with van der Waals surface area (Å²) in [5.74, 6) is 1.73. The van der Waals surface area contributed by atoms with Gasteiger partial charge in [0.1, 0.15) is 10.8 Å². The lowest BCUT2D eigenvalue weighted by Gasteiger charge is -2.12. The van der Waals surface area contributed by atoms with E-state index in [1.807, 2.05) is 6.20 Å². The van der Waals surface area contributed by atoms with E-state index in [1.54, 1.807) is 25.5 Å². The van der Waals surface area contributed by atoms with Gasteiger partial charge in [-0.25, -0.2) is 4.98 Å². The second-order valence-electron chi connectivity index (χ2n) is 5.48. The fourth-order valence-corrected chi connectivity index (χ4v) is 3.12. The predicted octanol–water partition coefficient (Wildman–Crippen LogP) is 2.93. The summed E-state index contributed by atoms with van der Waals surface area (Å²) >= 11 is 1.74. The highest BCUT2D eigenvalue weighted by atomic mass is 32.1. The molecule has 1 aromatic carbocycles. The maximum absolute atomic E-state index is 5.37. The van der Waals surface area contributed by atoms with Crippen molar-refractivity contribution in [2.24, 2.45) is 4.99 Å². The summed E-state index contributed by atoms with van der Waals surface area (Å²) in [7, 11) is 3.49. The van der Waals surface area contributed by atoms with Crippen LogP contribution in [0, 0.1) is 6.92 Å².